The molecule has 0 saturated carbocycles. The Morgan fingerprint density at radius 1 is 1.44 bits per heavy atom. The first-order valence-electron chi connectivity index (χ1n) is 5.99. The van der Waals surface area contributed by atoms with Crippen LogP contribution < -0.4 is 5.32 Å². The van der Waals surface area contributed by atoms with Gasteiger partial charge < -0.3 is 10.4 Å². The average molecular weight is 242 g/mol. The van der Waals surface area contributed by atoms with Crippen molar-refractivity contribution in [1.29, 1.82) is 0 Å². The van der Waals surface area contributed by atoms with Gasteiger partial charge in [0.05, 0.1) is 5.54 Å². The third kappa shape index (κ3) is 3.85. The number of hydrogen-bond donors (Lipinski definition) is 2. The quantitative estimate of drug-likeness (QED) is 0.689. The highest BCUT2D eigenvalue weighted by Gasteiger charge is 2.25. The number of rotatable bonds is 8. The SMILES string of the molecule is CCC(C)(NCCCCCO)c1nccs1. The highest BCUT2D eigenvalue weighted by Crippen LogP contribution is 2.26. The Morgan fingerprint density at radius 3 is 2.81 bits per heavy atom. The lowest BCUT2D eigenvalue weighted by atomic mass is 9.99. The van der Waals surface area contributed by atoms with E-state index in [-0.39, 0.29) is 5.54 Å². The van der Waals surface area contributed by atoms with E-state index >= 15 is 0 Å². The maximum atomic E-state index is 8.69. The zero-order valence-corrected chi connectivity index (χ0v) is 11.0. The lowest BCUT2D eigenvalue weighted by Crippen LogP contribution is -2.39. The lowest BCUT2D eigenvalue weighted by molar-refractivity contribution is 0.279. The largest absolute Gasteiger partial charge is 0.396 e. The Hall–Kier alpha value is -0.450. The van der Waals surface area contributed by atoms with Crippen molar-refractivity contribution in [3.63, 3.8) is 0 Å². The minimum atomic E-state index is 0.00732. The number of hydrogen-bond acceptors (Lipinski definition) is 4. The zero-order valence-electron chi connectivity index (χ0n) is 10.2. The molecule has 4 heteroatoms. The molecular weight excluding hydrogens is 220 g/mol. The van der Waals surface area contributed by atoms with Crippen molar-refractivity contribution < 1.29 is 5.11 Å². The summed E-state index contributed by atoms with van der Waals surface area (Å²) >= 11 is 1.71. The molecule has 0 radical (unpaired) electrons. The zero-order chi connectivity index (χ0) is 11.9. The van der Waals surface area contributed by atoms with Crippen LogP contribution in [0.2, 0.25) is 0 Å². The second kappa shape index (κ2) is 6.99. The average Bonchev–Trinajstić information content (AvgIpc) is 2.82. The Morgan fingerprint density at radius 2 is 2.25 bits per heavy atom. The van der Waals surface area contributed by atoms with Crippen LogP contribution >= 0.6 is 11.3 Å². The lowest BCUT2D eigenvalue weighted by Gasteiger charge is -2.27. The second-order valence-corrected chi connectivity index (χ2v) is 5.13. The minimum Gasteiger partial charge on any atom is -0.396 e. The molecule has 0 saturated heterocycles. The molecule has 1 rings (SSSR count). The van der Waals surface area contributed by atoms with Gasteiger partial charge in [0.1, 0.15) is 5.01 Å². The first-order chi connectivity index (χ1) is 7.73. The highest BCUT2D eigenvalue weighted by molar-refractivity contribution is 7.09. The highest BCUT2D eigenvalue weighted by atomic mass is 32.1. The van der Waals surface area contributed by atoms with Crippen LogP contribution in [0.25, 0.3) is 0 Å². The van der Waals surface area contributed by atoms with Gasteiger partial charge in [-0.15, -0.1) is 11.3 Å². The molecule has 1 heterocycles. The fourth-order valence-electron chi connectivity index (χ4n) is 1.63. The van der Waals surface area contributed by atoms with Gasteiger partial charge in [0.2, 0.25) is 0 Å². The number of unbranched alkanes of at least 4 members (excludes halogenated alkanes) is 2. The van der Waals surface area contributed by atoms with Gasteiger partial charge in [0, 0.05) is 18.2 Å². The standard InChI is InChI=1S/C12H22N2OS/c1-3-12(2,11-13-8-10-16-11)14-7-5-4-6-9-15/h8,10,14-15H,3-7,9H2,1-2H3. The number of aliphatic hydroxyl groups excluding tert-OH is 1. The third-order valence-corrected chi connectivity index (χ3v) is 4.00. The van der Waals surface area contributed by atoms with E-state index in [2.05, 4.69) is 24.1 Å². The normalized spacial score (nSPS) is 14.9. The Labute approximate surface area is 102 Å². The molecule has 1 atom stereocenters. The summed E-state index contributed by atoms with van der Waals surface area (Å²) in [4.78, 5) is 4.39. The van der Waals surface area contributed by atoms with Crippen molar-refractivity contribution in [2.75, 3.05) is 13.2 Å². The van der Waals surface area contributed by atoms with Crippen LogP contribution in [-0.4, -0.2) is 23.2 Å². The molecule has 3 nitrogen and oxygen atoms in total. The molecule has 2 N–H and O–H groups in total. The van der Waals surface area contributed by atoms with E-state index < -0.39 is 0 Å². The van der Waals surface area contributed by atoms with E-state index in [0.717, 1.165) is 37.2 Å². The van der Waals surface area contributed by atoms with Crippen molar-refractivity contribution in [1.82, 2.24) is 10.3 Å². The fraction of sp³-hybridized carbons (Fsp3) is 0.750. The van der Waals surface area contributed by atoms with Crippen LogP contribution in [0.15, 0.2) is 11.6 Å². The predicted octanol–water partition coefficient (Wildman–Crippen LogP) is 2.52. The van der Waals surface area contributed by atoms with Gasteiger partial charge in [0.25, 0.3) is 0 Å². The number of aromatic nitrogens is 1. The second-order valence-electron chi connectivity index (χ2n) is 4.23. The summed E-state index contributed by atoms with van der Waals surface area (Å²) in [5.41, 5.74) is 0.00732. The van der Waals surface area contributed by atoms with E-state index in [4.69, 9.17) is 5.11 Å². The third-order valence-electron chi connectivity index (χ3n) is 2.96. The van der Waals surface area contributed by atoms with Crippen molar-refractivity contribution in [3.05, 3.63) is 16.6 Å². The van der Waals surface area contributed by atoms with E-state index in [0.29, 0.717) is 6.61 Å². The van der Waals surface area contributed by atoms with Gasteiger partial charge >= 0.3 is 0 Å². The Bertz CT molecular complexity index is 277. The summed E-state index contributed by atoms with van der Waals surface area (Å²) in [6, 6.07) is 0. The number of nitrogens with zero attached hydrogens (tertiary/aromatic N) is 1. The summed E-state index contributed by atoms with van der Waals surface area (Å²) in [6.07, 6.45) is 6.01. The molecule has 0 fully saturated rings. The summed E-state index contributed by atoms with van der Waals surface area (Å²) in [5.74, 6) is 0. The first kappa shape index (κ1) is 13.6. The molecule has 0 aliphatic heterocycles. The van der Waals surface area contributed by atoms with Crippen molar-refractivity contribution in [3.8, 4) is 0 Å². The number of aliphatic hydroxyl groups is 1. The smallest absolute Gasteiger partial charge is 0.112 e. The van der Waals surface area contributed by atoms with E-state index in [9.17, 15) is 0 Å². The molecular formula is C12H22N2OS. The number of thiazole rings is 1. The Balaban J connectivity index is 2.36. The summed E-state index contributed by atoms with van der Waals surface area (Å²) in [6.45, 7) is 5.68. The minimum absolute atomic E-state index is 0.00732. The van der Waals surface area contributed by atoms with E-state index in [1.165, 1.54) is 0 Å². The molecule has 1 aromatic heterocycles. The van der Waals surface area contributed by atoms with E-state index in [1.54, 1.807) is 11.3 Å². The molecule has 0 aliphatic rings. The van der Waals surface area contributed by atoms with Crippen molar-refractivity contribution in [2.24, 2.45) is 0 Å². The van der Waals surface area contributed by atoms with Crippen LogP contribution in [0.4, 0.5) is 0 Å². The molecule has 16 heavy (non-hydrogen) atoms. The van der Waals surface area contributed by atoms with Crippen LogP contribution in [0.3, 0.4) is 0 Å². The van der Waals surface area contributed by atoms with Gasteiger partial charge in [-0.1, -0.05) is 6.92 Å². The molecule has 1 unspecified atom stereocenters. The molecule has 0 bridgehead atoms. The summed E-state index contributed by atoms with van der Waals surface area (Å²) < 4.78 is 0. The molecule has 92 valence electrons. The molecule has 1 aromatic rings. The van der Waals surface area contributed by atoms with Gasteiger partial charge in [-0.25, -0.2) is 4.98 Å². The summed E-state index contributed by atoms with van der Waals surface area (Å²) in [5, 5.41) is 15.5. The maximum absolute atomic E-state index is 8.69. The van der Waals surface area contributed by atoms with Crippen LogP contribution in [0, 0.1) is 0 Å². The van der Waals surface area contributed by atoms with Crippen LogP contribution in [-0.2, 0) is 5.54 Å². The topological polar surface area (TPSA) is 45.1 Å². The van der Waals surface area contributed by atoms with Gasteiger partial charge in [-0.2, -0.15) is 0 Å². The summed E-state index contributed by atoms with van der Waals surface area (Å²) in [7, 11) is 0. The molecule has 0 aliphatic carbocycles. The fourth-order valence-corrected chi connectivity index (χ4v) is 2.47. The maximum Gasteiger partial charge on any atom is 0.112 e. The molecule has 0 aromatic carbocycles. The van der Waals surface area contributed by atoms with Crippen molar-refractivity contribution >= 4 is 11.3 Å². The van der Waals surface area contributed by atoms with E-state index in [1.807, 2.05) is 11.6 Å². The van der Waals surface area contributed by atoms with Crippen LogP contribution in [0.5, 0.6) is 0 Å². The molecule has 0 spiro atoms. The van der Waals surface area contributed by atoms with Crippen molar-refractivity contribution in [2.45, 2.75) is 45.1 Å². The predicted molar refractivity (Wildman–Crippen MR) is 68.7 cm³/mol. The van der Waals surface area contributed by atoms with Gasteiger partial charge in [0.15, 0.2) is 0 Å². The van der Waals surface area contributed by atoms with Gasteiger partial charge in [-0.05, 0) is 39.2 Å². The van der Waals surface area contributed by atoms with Gasteiger partial charge in [-0.3, -0.25) is 0 Å². The Kier molecular flexibility index (Phi) is 5.95. The van der Waals surface area contributed by atoms with Crippen LogP contribution in [0.1, 0.15) is 44.5 Å². The first-order valence-corrected chi connectivity index (χ1v) is 6.87. The monoisotopic (exact) mass is 242 g/mol. The molecule has 0 amide bonds. The number of nitrogens with one attached hydrogen (secondary N) is 1.